The largest absolute Gasteiger partial charge is 0.480 e. The quantitative estimate of drug-likeness (QED) is 0.571. The number of thioether (sulfide) groups is 1. The Labute approximate surface area is 169 Å². The SMILES string of the molecule is CCC(Oc1cccc(C)c1C)C(=O)NCCSCc1c(F)cccc1Cl. The number of amides is 1. The number of nitrogens with one attached hydrogen (secondary N) is 1. The second-order valence-corrected chi connectivity index (χ2v) is 7.77. The summed E-state index contributed by atoms with van der Waals surface area (Å²) in [4.78, 5) is 12.4. The maximum atomic E-state index is 13.7. The third kappa shape index (κ3) is 6.15. The van der Waals surface area contributed by atoms with Crippen LogP contribution in [0.4, 0.5) is 4.39 Å². The van der Waals surface area contributed by atoms with Crippen molar-refractivity contribution >= 4 is 29.3 Å². The third-order valence-corrected chi connectivity index (χ3v) is 5.68. The topological polar surface area (TPSA) is 38.3 Å². The molecule has 1 N–H and O–H groups in total. The molecule has 0 bridgehead atoms. The van der Waals surface area contributed by atoms with Crippen LogP contribution in [0.1, 0.15) is 30.0 Å². The minimum atomic E-state index is -0.531. The molecule has 0 radical (unpaired) electrons. The van der Waals surface area contributed by atoms with Crippen molar-refractivity contribution in [3.63, 3.8) is 0 Å². The van der Waals surface area contributed by atoms with Crippen molar-refractivity contribution in [2.45, 2.75) is 39.0 Å². The summed E-state index contributed by atoms with van der Waals surface area (Å²) in [6.45, 7) is 6.41. The average Bonchev–Trinajstić information content (AvgIpc) is 2.64. The normalized spacial score (nSPS) is 11.9. The first kappa shape index (κ1) is 21.6. The van der Waals surface area contributed by atoms with Crippen LogP contribution in [0.5, 0.6) is 5.75 Å². The van der Waals surface area contributed by atoms with Crippen molar-refractivity contribution in [2.24, 2.45) is 0 Å². The average molecular weight is 410 g/mol. The van der Waals surface area contributed by atoms with E-state index in [4.69, 9.17) is 16.3 Å². The number of rotatable bonds is 9. The maximum absolute atomic E-state index is 13.7. The van der Waals surface area contributed by atoms with Gasteiger partial charge in [-0.25, -0.2) is 4.39 Å². The smallest absolute Gasteiger partial charge is 0.261 e. The van der Waals surface area contributed by atoms with Gasteiger partial charge in [0.1, 0.15) is 11.6 Å². The molecule has 2 aromatic carbocycles. The van der Waals surface area contributed by atoms with Gasteiger partial charge in [0.2, 0.25) is 0 Å². The Balaban J connectivity index is 1.79. The molecule has 2 aromatic rings. The molecule has 0 saturated heterocycles. The number of ether oxygens (including phenoxy) is 1. The summed E-state index contributed by atoms with van der Waals surface area (Å²) in [7, 11) is 0. The van der Waals surface area contributed by atoms with Crippen LogP contribution >= 0.6 is 23.4 Å². The van der Waals surface area contributed by atoms with E-state index in [1.54, 1.807) is 12.1 Å². The van der Waals surface area contributed by atoms with Crippen LogP contribution in [0.2, 0.25) is 5.02 Å². The van der Waals surface area contributed by atoms with Crippen LogP contribution in [-0.2, 0) is 10.5 Å². The lowest BCUT2D eigenvalue weighted by atomic mass is 10.1. The molecule has 146 valence electrons. The van der Waals surface area contributed by atoms with E-state index in [0.29, 0.717) is 35.1 Å². The Morgan fingerprint density at radius 1 is 1.26 bits per heavy atom. The first-order valence-corrected chi connectivity index (χ1v) is 10.5. The summed E-state index contributed by atoms with van der Waals surface area (Å²) in [5, 5.41) is 3.32. The summed E-state index contributed by atoms with van der Waals surface area (Å²) in [6, 6.07) is 10.5. The summed E-state index contributed by atoms with van der Waals surface area (Å²) >= 11 is 7.54. The molecule has 3 nitrogen and oxygen atoms in total. The van der Waals surface area contributed by atoms with Crippen LogP contribution < -0.4 is 10.1 Å². The first-order valence-electron chi connectivity index (χ1n) is 8.95. The van der Waals surface area contributed by atoms with Gasteiger partial charge >= 0.3 is 0 Å². The van der Waals surface area contributed by atoms with E-state index in [2.05, 4.69) is 5.32 Å². The highest BCUT2D eigenvalue weighted by Gasteiger charge is 2.19. The Bertz CT molecular complexity index is 765. The Kier molecular flexibility index (Phi) is 8.45. The van der Waals surface area contributed by atoms with E-state index in [0.717, 1.165) is 16.9 Å². The molecule has 2 rings (SSSR count). The molecule has 1 amide bonds. The van der Waals surface area contributed by atoms with Crippen LogP contribution in [0, 0.1) is 19.7 Å². The second-order valence-electron chi connectivity index (χ2n) is 6.26. The maximum Gasteiger partial charge on any atom is 0.261 e. The minimum Gasteiger partial charge on any atom is -0.480 e. The van der Waals surface area contributed by atoms with Gasteiger partial charge < -0.3 is 10.1 Å². The van der Waals surface area contributed by atoms with E-state index < -0.39 is 6.10 Å². The highest BCUT2D eigenvalue weighted by Crippen LogP contribution is 2.24. The fraction of sp³-hybridized carbons (Fsp3) is 0.381. The molecule has 27 heavy (non-hydrogen) atoms. The molecule has 0 aliphatic rings. The number of hydrogen-bond donors (Lipinski definition) is 1. The van der Waals surface area contributed by atoms with Gasteiger partial charge in [0.15, 0.2) is 6.10 Å². The second kappa shape index (κ2) is 10.6. The zero-order valence-corrected chi connectivity index (χ0v) is 17.4. The Morgan fingerprint density at radius 2 is 2.00 bits per heavy atom. The van der Waals surface area contributed by atoms with Crippen LogP contribution in [0.15, 0.2) is 36.4 Å². The fourth-order valence-electron chi connectivity index (χ4n) is 2.53. The molecule has 6 heteroatoms. The van der Waals surface area contributed by atoms with Crippen molar-refractivity contribution in [3.05, 3.63) is 63.9 Å². The lowest BCUT2D eigenvalue weighted by Crippen LogP contribution is -2.39. The van der Waals surface area contributed by atoms with Gasteiger partial charge in [-0.1, -0.05) is 36.7 Å². The van der Waals surface area contributed by atoms with E-state index in [1.165, 1.54) is 17.8 Å². The van der Waals surface area contributed by atoms with Crippen LogP contribution in [-0.4, -0.2) is 24.3 Å². The number of hydrogen-bond acceptors (Lipinski definition) is 3. The zero-order chi connectivity index (χ0) is 19.8. The molecular weight excluding hydrogens is 385 g/mol. The van der Waals surface area contributed by atoms with Gasteiger partial charge in [-0.05, 0) is 49.6 Å². The van der Waals surface area contributed by atoms with E-state index in [9.17, 15) is 9.18 Å². The number of carbonyl (C=O) groups is 1. The highest BCUT2D eigenvalue weighted by atomic mass is 35.5. The van der Waals surface area contributed by atoms with Crippen molar-refractivity contribution in [2.75, 3.05) is 12.3 Å². The standard InChI is InChI=1S/C21H25ClFNO2S/c1-4-19(26-20-10-5-7-14(2)15(20)3)21(25)24-11-12-27-13-16-17(22)8-6-9-18(16)23/h5-10,19H,4,11-13H2,1-3H3,(H,24,25). The predicted octanol–water partition coefficient (Wildman–Crippen LogP) is 5.30. The molecule has 0 aromatic heterocycles. The molecular formula is C21H25ClFNO2S. The molecule has 0 aliphatic carbocycles. The number of benzene rings is 2. The van der Waals surface area contributed by atoms with Crippen LogP contribution in [0.3, 0.4) is 0 Å². The van der Waals surface area contributed by atoms with E-state index in [-0.39, 0.29) is 11.7 Å². The van der Waals surface area contributed by atoms with Crippen molar-refractivity contribution in [1.82, 2.24) is 5.32 Å². The highest BCUT2D eigenvalue weighted by molar-refractivity contribution is 7.98. The lowest BCUT2D eigenvalue weighted by Gasteiger charge is -2.19. The third-order valence-electron chi connectivity index (χ3n) is 4.34. The fourth-order valence-corrected chi connectivity index (χ4v) is 3.73. The minimum absolute atomic E-state index is 0.136. The molecule has 0 fully saturated rings. The zero-order valence-electron chi connectivity index (χ0n) is 15.9. The van der Waals surface area contributed by atoms with Crippen molar-refractivity contribution < 1.29 is 13.9 Å². The van der Waals surface area contributed by atoms with E-state index in [1.807, 2.05) is 39.0 Å². The van der Waals surface area contributed by atoms with E-state index >= 15 is 0 Å². The lowest BCUT2D eigenvalue weighted by molar-refractivity contribution is -0.128. The Morgan fingerprint density at radius 3 is 2.70 bits per heavy atom. The monoisotopic (exact) mass is 409 g/mol. The summed E-state index contributed by atoms with van der Waals surface area (Å²) in [5.74, 6) is 1.43. The molecule has 1 atom stereocenters. The van der Waals surface area contributed by atoms with Gasteiger partial charge in [-0.2, -0.15) is 11.8 Å². The molecule has 0 aliphatic heterocycles. The number of aryl methyl sites for hydroxylation is 1. The van der Waals surface area contributed by atoms with Gasteiger partial charge in [0, 0.05) is 28.6 Å². The number of carbonyl (C=O) groups excluding carboxylic acids is 1. The summed E-state index contributed by atoms with van der Waals surface area (Å²) < 4.78 is 19.6. The summed E-state index contributed by atoms with van der Waals surface area (Å²) in [5.41, 5.74) is 2.67. The number of halogens is 2. The van der Waals surface area contributed by atoms with Crippen molar-refractivity contribution in [1.29, 1.82) is 0 Å². The van der Waals surface area contributed by atoms with Crippen molar-refractivity contribution in [3.8, 4) is 5.75 Å². The summed E-state index contributed by atoms with van der Waals surface area (Å²) in [6.07, 6.45) is 0.0495. The predicted molar refractivity (Wildman–Crippen MR) is 111 cm³/mol. The van der Waals surface area contributed by atoms with Gasteiger partial charge in [0.25, 0.3) is 5.91 Å². The molecule has 0 heterocycles. The first-order chi connectivity index (χ1) is 12.9. The molecule has 1 unspecified atom stereocenters. The molecule has 0 spiro atoms. The van der Waals surface area contributed by atoms with Gasteiger partial charge in [0.05, 0.1) is 0 Å². The van der Waals surface area contributed by atoms with Crippen LogP contribution in [0.25, 0.3) is 0 Å². The van der Waals surface area contributed by atoms with Gasteiger partial charge in [-0.3, -0.25) is 4.79 Å². The molecule has 0 saturated carbocycles. The van der Waals surface area contributed by atoms with Gasteiger partial charge in [-0.15, -0.1) is 0 Å². The Hall–Kier alpha value is -1.72.